The normalized spacial score (nSPS) is 25.8. The van der Waals surface area contributed by atoms with Crippen molar-refractivity contribution in [1.82, 2.24) is 9.80 Å². The molecular formula is C15H28N2O2S. The first-order valence-electron chi connectivity index (χ1n) is 7.84. The molecule has 2 saturated heterocycles. The van der Waals surface area contributed by atoms with Gasteiger partial charge in [-0.3, -0.25) is 9.69 Å². The van der Waals surface area contributed by atoms with Crippen LogP contribution in [-0.2, 0) is 9.53 Å². The Morgan fingerprint density at radius 1 is 1.30 bits per heavy atom. The highest BCUT2D eigenvalue weighted by atomic mass is 32.2. The standard InChI is InChI=1S/C15H28N2O2S/c1-13(2)10-15(18)17-4-3-9-20-12-14(17)11-16-5-7-19-8-6-16/h13-14H,3-12H2,1-2H3. The Morgan fingerprint density at radius 2 is 2.05 bits per heavy atom. The summed E-state index contributed by atoms with van der Waals surface area (Å²) in [6.07, 6.45) is 1.82. The van der Waals surface area contributed by atoms with Crippen molar-refractivity contribution in [2.75, 3.05) is 50.9 Å². The van der Waals surface area contributed by atoms with Gasteiger partial charge in [0.15, 0.2) is 0 Å². The SMILES string of the molecule is CC(C)CC(=O)N1CCCSCC1CN1CCOCC1. The molecule has 0 spiro atoms. The van der Waals surface area contributed by atoms with Crippen LogP contribution in [0.3, 0.4) is 0 Å². The number of rotatable bonds is 4. The molecule has 2 rings (SSSR count). The van der Waals surface area contributed by atoms with E-state index in [2.05, 4.69) is 23.6 Å². The molecular weight excluding hydrogens is 272 g/mol. The molecule has 0 saturated carbocycles. The van der Waals surface area contributed by atoms with Crippen LogP contribution in [-0.4, -0.2) is 72.6 Å². The van der Waals surface area contributed by atoms with E-state index in [0.717, 1.165) is 51.6 Å². The van der Waals surface area contributed by atoms with Gasteiger partial charge in [-0.05, 0) is 18.1 Å². The van der Waals surface area contributed by atoms with Crippen LogP contribution in [0.25, 0.3) is 0 Å². The maximum absolute atomic E-state index is 12.5. The van der Waals surface area contributed by atoms with Gasteiger partial charge in [0.1, 0.15) is 0 Å². The van der Waals surface area contributed by atoms with Crippen molar-refractivity contribution >= 4 is 17.7 Å². The molecule has 116 valence electrons. The van der Waals surface area contributed by atoms with Gasteiger partial charge in [0, 0.05) is 38.4 Å². The second kappa shape index (κ2) is 8.25. The van der Waals surface area contributed by atoms with E-state index in [1.54, 1.807) is 0 Å². The number of amides is 1. The lowest BCUT2D eigenvalue weighted by Crippen LogP contribution is -2.50. The summed E-state index contributed by atoms with van der Waals surface area (Å²) in [7, 11) is 0. The molecule has 0 N–H and O–H groups in total. The Hall–Kier alpha value is -0.260. The van der Waals surface area contributed by atoms with Crippen LogP contribution in [0.1, 0.15) is 26.7 Å². The largest absolute Gasteiger partial charge is 0.379 e. The second-order valence-corrected chi connectivity index (χ2v) is 7.33. The van der Waals surface area contributed by atoms with E-state index < -0.39 is 0 Å². The van der Waals surface area contributed by atoms with Crippen LogP contribution < -0.4 is 0 Å². The number of hydrogen-bond donors (Lipinski definition) is 0. The second-order valence-electron chi connectivity index (χ2n) is 6.18. The van der Waals surface area contributed by atoms with Crippen molar-refractivity contribution in [3.8, 4) is 0 Å². The van der Waals surface area contributed by atoms with Crippen molar-refractivity contribution in [2.24, 2.45) is 5.92 Å². The lowest BCUT2D eigenvalue weighted by molar-refractivity contribution is -0.134. The molecule has 2 aliphatic heterocycles. The molecule has 1 amide bonds. The summed E-state index contributed by atoms with van der Waals surface area (Å²) in [5.74, 6) is 3.06. The third-order valence-electron chi connectivity index (χ3n) is 3.91. The Kier molecular flexibility index (Phi) is 6.65. The van der Waals surface area contributed by atoms with E-state index in [-0.39, 0.29) is 0 Å². The predicted molar refractivity (Wildman–Crippen MR) is 84.2 cm³/mol. The first kappa shape index (κ1) is 16.1. The Labute approximate surface area is 127 Å². The zero-order valence-corrected chi connectivity index (χ0v) is 13.7. The fraction of sp³-hybridized carbons (Fsp3) is 0.933. The summed E-state index contributed by atoms with van der Waals surface area (Å²) in [5, 5.41) is 0. The molecule has 1 unspecified atom stereocenters. The minimum Gasteiger partial charge on any atom is -0.379 e. The molecule has 0 aromatic carbocycles. The average Bonchev–Trinajstić information content (AvgIpc) is 2.64. The Balaban J connectivity index is 1.94. The highest BCUT2D eigenvalue weighted by molar-refractivity contribution is 7.99. The first-order chi connectivity index (χ1) is 9.66. The average molecular weight is 300 g/mol. The number of ether oxygens (including phenoxy) is 1. The van der Waals surface area contributed by atoms with E-state index in [4.69, 9.17) is 4.74 Å². The van der Waals surface area contributed by atoms with Gasteiger partial charge < -0.3 is 9.64 Å². The molecule has 0 radical (unpaired) electrons. The minimum atomic E-state index is 0.348. The summed E-state index contributed by atoms with van der Waals surface area (Å²) < 4.78 is 5.41. The van der Waals surface area contributed by atoms with Crippen LogP contribution in [0, 0.1) is 5.92 Å². The topological polar surface area (TPSA) is 32.8 Å². The molecule has 2 fully saturated rings. The number of carbonyl (C=O) groups excluding carboxylic acids is 1. The van der Waals surface area contributed by atoms with E-state index in [1.165, 1.54) is 5.75 Å². The maximum atomic E-state index is 12.5. The highest BCUT2D eigenvalue weighted by Crippen LogP contribution is 2.19. The molecule has 5 heteroatoms. The zero-order chi connectivity index (χ0) is 14.4. The molecule has 20 heavy (non-hydrogen) atoms. The van der Waals surface area contributed by atoms with Crippen LogP contribution in [0.2, 0.25) is 0 Å². The van der Waals surface area contributed by atoms with Gasteiger partial charge in [0.05, 0.1) is 19.3 Å². The smallest absolute Gasteiger partial charge is 0.223 e. The van der Waals surface area contributed by atoms with Crippen molar-refractivity contribution in [2.45, 2.75) is 32.7 Å². The number of morpholine rings is 1. The lowest BCUT2D eigenvalue weighted by atomic mass is 10.1. The fourth-order valence-corrected chi connectivity index (χ4v) is 3.91. The number of hydrogen-bond acceptors (Lipinski definition) is 4. The van der Waals surface area contributed by atoms with E-state index in [9.17, 15) is 4.79 Å². The van der Waals surface area contributed by atoms with Crippen molar-refractivity contribution in [3.05, 3.63) is 0 Å². The van der Waals surface area contributed by atoms with E-state index in [0.29, 0.717) is 24.3 Å². The van der Waals surface area contributed by atoms with Gasteiger partial charge >= 0.3 is 0 Å². The molecule has 0 aliphatic carbocycles. The molecule has 1 atom stereocenters. The molecule has 0 bridgehead atoms. The van der Waals surface area contributed by atoms with Gasteiger partial charge in [-0.15, -0.1) is 0 Å². The first-order valence-corrected chi connectivity index (χ1v) is 8.99. The highest BCUT2D eigenvalue weighted by Gasteiger charge is 2.28. The van der Waals surface area contributed by atoms with Crippen LogP contribution in [0.4, 0.5) is 0 Å². The van der Waals surface area contributed by atoms with Crippen LogP contribution in [0.5, 0.6) is 0 Å². The van der Waals surface area contributed by atoms with E-state index >= 15 is 0 Å². The molecule has 2 aliphatic rings. The van der Waals surface area contributed by atoms with Crippen molar-refractivity contribution in [1.29, 1.82) is 0 Å². The summed E-state index contributed by atoms with van der Waals surface area (Å²) in [4.78, 5) is 17.1. The predicted octanol–water partition coefficient (Wildman–Crippen LogP) is 1.70. The van der Waals surface area contributed by atoms with Crippen molar-refractivity contribution < 1.29 is 9.53 Å². The summed E-state index contributed by atoms with van der Waals surface area (Å²) in [5.41, 5.74) is 0. The third-order valence-corrected chi connectivity index (χ3v) is 5.11. The quantitative estimate of drug-likeness (QED) is 0.791. The zero-order valence-electron chi connectivity index (χ0n) is 12.8. The Morgan fingerprint density at radius 3 is 2.75 bits per heavy atom. The van der Waals surface area contributed by atoms with Crippen molar-refractivity contribution in [3.63, 3.8) is 0 Å². The van der Waals surface area contributed by atoms with Gasteiger partial charge in [0.25, 0.3) is 0 Å². The summed E-state index contributed by atoms with van der Waals surface area (Å²) >= 11 is 2.00. The summed E-state index contributed by atoms with van der Waals surface area (Å²) in [6, 6.07) is 0.381. The lowest BCUT2D eigenvalue weighted by Gasteiger charge is -2.36. The van der Waals surface area contributed by atoms with E-state index in [1.807, 2.05) is 11.8 Å². The number of thioether (sulfide) groups is 1. The van der Waals surface area contributed by atoms with Gasteiger partial charge in [-0.2, -0.15) is 11.8 Å². The molecule has 4 nitrogen and oxygen atoms in total. The number of nitrogens with zero attached hydrogens (tertiary/aromatic N) is 2. The molecule has 2 heterocycles. The van der Waals surface area contributed by atoms with Gasteiger partial charge in [0.2, 0.25) is 5.91 Å². The molecule has 0 aromatic heterocycles. The monoisotopic (exact) mass is 300 g/mol. The summed E-state index contributed by atoms with van der Waals surface area (Å²) in [6.45, 7) is 9.89. The maximum Gasteiger partial charge on any atom is 0.223 e. The van der Waals surface area contributed by atoms with Crippen LogP contribution in [0.15, 0.2) is 0 Å². The van der Waals surface area contributed by atoms with Crippen LogP contribution >= 0.6 is 11.8 Å². The third kappa shape index (κ3) is 4.93. The minimum absolute atomic E-state index is 0.348. The van der Waals surface area contributed by atoms with Gasteiger partial charge in [-0.1, -0.05) is 13.8 Å². The number of carbonyl (C=O) groups is 1. The Bertz CT molecular complexity index is 306. The fourth-order valence-electron chi connectivity index (χ4n) is 2.86. The van der Waals surface area contributed by atoms with Gasteiger partial charge in [-0.25, -0.2) is 0 Å². The molecule has 0 aromatic rings.